The standard InChI is InChI=1S/C16H21N7O7S2/c17-1-2-30-22-8(7-3-31-14(18)20-7)10(24)21-9-11(25)23-4-16(13(26)27,5-29-15(19)28)6-32-12(9)23/h3,9,12H,1-2,4-6,17H2,(H2,18,20)(H2,19,28)(H,21,24)(H,26,27)/t9?,12-,16?/m1/s1. The van der Waals surface area contributed by atoms with Gasteiger partial charge in [-0.25, -0.2) is 9.78 Å². The molecule has 3 heterocycles. The van der Waals surface area contributed by atoms with Crippen molar-refractivity contribution in [3.8, 4) is 0 Å². The second-order valence-corrected chi connectivity index (χ2v) is 8.94. The van der Waals surface area contributed by atoms with Crippen LogP contribution in [0.2, 0.25) is 0 Å². The summed E-state index contributed by atoms with van der Waals surface area (Å²) < 4.78 is 4.69. The van der Waals surface area contributed by atoms with Crippen molar-refractivity contribution in [1.29, 1.82) is 0 Å². The van der Waals surface area contributed by atoms with Crippen LogP contribution in [0, 0.1) is 5.41 Å². The van der Waals surface area contributed by atoms with E-state index in [0.29, 0.717) is 0 Å². The second-order valence-electron chi connectivity index (χ2n) is 6.94. The highest BCUT2D eigenvalue weighted by Crippen LogP contribution is 2.42. The number of aromatic nitrogens is 1. The van der Waals surface area contributed by atoms with Gasteiger partial charge in [0.2, 0.25) is 5.91 Å². The third kappa shape index (κ3) is 4.71. The summed E-state index contributed by atoms with van der Waals surface area (Å²) in [6.45, 7) is -0.423. The number of hydrogen-bond donors (Lipinski definition) is 5. The molecule has 0 saturated carbocycles. The maximum atomic E-state index is 12.8. The number of amides is 3. The Morgan fingerprint density at radius 1 is 1.44 bits per heavy atom. The molecule has 14 nitrogen and oxygen atoms in total. The first-order valence-corrected chi connectivity index (χ1v) is 11.1. The Bertz CT molecular complexity index is 955. The predicted octanol–water partition coefficient (Wildman–Crippen LogP) is -2.03. The Hall–Kier alpha value is -3.11. The highest BCUT2D eigenvalue weighted by Gasteiger charge is 2.58. The van der Waals surface area contributed by atoms with E-state index in [0.717, 1.165) is 23.1 Å². The highest BCUT2D eigenvalue weighted by atomic mass is 32.2. The van der Waals surface area contributed by atoms with Crippen LogP contribution >= 0.6 is 23.1 Å². The van der Waals surface area contributed by atoms with Crippen LogP contribution in [0.15, 0.2) is 10.5 Å². The number of fused-ring (bicyclic) bond motifs is 1. The van der Waals surface area contributed by atoms with E-state index in [1.165, 1.54) is 10.3 Å². The minimum absolute atomic E-state index is 0.0413. The minimum Gasteiger partial charge on any atom is -0.481 e. The minimum atomic E-state index is -1.50. The van der Waals surface area contributed by atoms with Crippen molar-refractivity contribution >= 4 is 57.8 Å². The molecule has 2 aliphatic rings. The van der Waals surface area contributed by atoms with E-state index in [2.05, 4.69) is 15.5 Å². The van der Waals surface area contributed by atoms with Crippen LogP contribution in [0.25, 0.3) is 0 Å². The number of nitrogens with one attached hydrogen (secondary N) is 1. The first-order valence-electron chi connectivity index (χ1n) is 9.18. The lowest BCUT2D eigenvalue weighted by Crippen LogP contribution is -2.74. The lowest BCUT2D eigenvalue weighted by molar-refractivity contribution is -0.160. The first kappa shape index (κ1) is 23.6. The molecule has 2 aliphatic heterocycles. The summed E-state index contributed by atoms with van der Waals surface area (Å²) in [5.74, 6) is -2.38. The van der Waals surface area contributed by atoms with Crippen LogP contribution in [0.3, 0.4) is 0 Å². The number of nitrogen functional groups attached to an aromatic ring is 1. The second kappa shape index (κ2) is 9.58. The molecular formula is C16H21N7O7S2. The Morgan fingerprint density at radius 3 is 2.78 bits per heavy atom. The number of carbonyl (C=O) groups is 4. The summed E-state index contributed by atoms with van der Waals surface area (Å²) in [7, 11) is 0. The highest BCUT2D eigenvalue weighted by molar-refractivity contribution is 8.00. The zero-order valence-electron chi connectivity index (χ0n) is 16.6. The summed E-state index contributed by atoms with van der Waals surface area (Å²) in [5.41, 5.74) is 14.4. The number of β-lactam (4-membered cyclic amide) rings is 1. The van der Waals surface area contributed by atoms with Gasteiger partial charge in [-0.3, -0.25) is 14.4 Å². The lowest BCUT2D eigenvalue weighted by Gasteiger charge is -2.53. The fraction of sp³-hybridized carbons (Fsp3) is 0.500. The number of rotatable bonds is 9. The van der Waals surface area contributed by atoms with Crippen LogP contribution in [0.5, 0.6) is 0 Å². The van der Waals surface area contributed by atoms with E-state index in [1.807, 2.05) is 0 Å². The third-order valence-corrected chi connectivity index (χ3v) is 6.98. The summed E-state index contributed by atoms with van der Waals surface area (Å²) in [4.78, 5) is 58.5. The molecule has 8 N–H and O–H groups in total. The van der Waals surface area contributed by atoms with Gasteiger partial charge in [-0.05, 0) is 0 Å². The van der Waals surface area contributed by atoms with Gasteiger partial charge in [0, 0.05) is 24.2 Å². The topological polar surface area (TPSA) is 226 Å². The number of thiazole rings is 1. The largest absolute Gasteiger partial charge is 0.481 e. The Morgan fingerprint density at radius 2 is 2.19 bits per heavy atom. The fourth-order valence-electron chi connectivity index (χ4n) is 3.09. The van der Waals surface area contributed by atoms with E-state index < -0.39 is 47.3 Å². The molecule has 0 aromatic carbocycles. The number of anilines is 1. The average Bonchev–Trinajstić information content (AvgIpc) is 3.18. The van der Waals surface area contributed by atoms with Gasteiger partial charge in [0.1, 0.15) is 35.7 Å². The molecule has 1 aromatic heterocycles. The summed E-state index contributed by atoms with van der Waals surface area (Å²) in [6.07, 6.45) is -1.11. The van der Waals surface area contributed by atoms with Gasteiger partial charge >= 0.3 is 12.1 Å². The number of aliphatic carboxylic acids is 1. The number of carboxylic acid groups (broad SMARTS) is 1. The van der Waals surface area contributed by atoms with Gasteiger partial charge in [0.25, 0.3) is 5.91 Å². The SMILES string of the molecule is NCCON=C(C(=O)NC1C(=O)N2CC(COC(N)=O)(C(=O)O)CS[C@H]12)c1csc(N)n1. The number of carbonyl (C=O) groups excluding carboxylic acids is 3. The molecule has 3 amide bonds. The predicted molar refractivity (Wildman–Crippen MR) is 114 cm³/mol. The molecule has 3 atom stereocenters. The fourth-order valence-corrected chi connectivity index (χ4v) is 5.16. The molecule has 0 bridgehead atoms. The van der Waals surface area contributed by atoms with Crippen LogP contribution in [0.4, 0.5) is 9.93 Å². The van der Waals surface area contributed by atoms with Gasteiger partial charge < -0.3 is 42.1 Å². The van der Waals surface area contributed by atoms with Gasteiger partial charge in [-0.2, -0.15) is 0 Å². The van der Waals surface area contributed by atoms with Crippen LogP contribution < -0.4 is 22.5 Å². The van der Waals surface area contributed by atoms with E-state index in [4.69, 9.17) is 26.8 Å². The van der Waals surface area contributed by atoms with Gasteiger partial charge in [0.05, 0.1) is 0 Å². The monoisotopic (exact) mass is 487 g/mol. The van der Waals surface area contributed by atoms with Gasteiger partial charge in [0.15, 0.2) is 10.8 Å². The number of ether oxygens (including phenoxy) is 1. The lowest BCUT2D eigenvalue weighted by atomic mass is 9.88. The van der Waals surface area contributed by atoms with Crippen LogP contribution in [-0.2, 0) is 24.0 Å². The Labute approximate surface area is 189 Å². The molecule has 0 aliphatic carbocycles. The Balaban J connectivity index is 1.70. The van der Waals surface area contributed by atoms with Gasteiger partial charge in [-0.15, -0.1) is 23.1 Å². The maximum absolute atomic E-state index is 12.8. The van der Waals surface area contributed by atoms with Crippen molar-refractivity contribution in [3.05, 3.63) is 11.1 Å². The molecule has 16 heteroatoms. The number of thioether (sulfide) groups is 1. The van der Waals surface area contributed by atoms with E-state index >= 15 is 0 Å². The first-order chi connectivity index (χ1) is 15.2. The zero-order chi connectivity index (χ0) is 23.5. The van der Waals surface area contributed by atoms with Crippen molar-refractivity contribution in [1.82, 2.24) is 15.2 Å². The summed E-state index contributed by atoms with van der Waals surface area (Å²) >= 11 is 2.24. The molecule has 32 heavy (non-hydrogen) atoms. The van der Waals surface area contributed by atoms with E-state index in [9.17, 15) is 24.3 Å². The Kier molecular flexibility index (Phi) is 7.05. The zero-order valence-corrected chi connectivity index (χ0v) is 18.2. The van der Waals surface area contributed by atoms with Crippen molar-refractivity contribution < 1.29 is 33.9 Å². The number of oxime groups is 1. The number of hydrogen-bond acceptors (Lipinski definition) is 12. The molecule has 1 aromatic rings. The normalized spacial score (nSPS) is 24.8. The van der Waals surface area contributed by atoms with Crippen LogP contribution in [0.1, 0.15) is 5.69 Å². The van der Waals surface area contributed by atoms with Gasteiger partial charge in [-0.1, -0.05) is 5.16 Å². The number of nitrogens with two attached hydrogens (primary N) is 3. The molecule has 0 spiro atoms. The van der Waals surface area contributed by atoms with Crippen LogP contribution in [-0.4, -0.2) is 88.1 Å². The molecule has 3 rings (SSSR count). The number of carboxylic acids is 1. The molecule has 0 radical (unpaired) electrons. The van der Waals surface area contributed by atoms with Crippen molar-refractivity contribution in [2.45, 2.75) is 11.4 Å². The van der Waals surface area contributed by atoms with E-state index in [-0.39, 0.29) is 42.0 Å². The molecule has 2 unspecified atom stereocenters. The van der Waals surface area contributed by atoms with E-state index in [1.54, 1.807) is 0 Å². The molecule has 2 fully saturated rings. The molecule has 174 valence electrons. The summed E-state index contributed by atoms with van der Waals surface area (Å²) in [5, 5.41) is 17.2. The summed E-state index contributed by atoms with van der Waals surface area (Å²) in [6, 6.07) is -0.910. The van der Waals surface area contributed by atoms with Crippen molar-refractivity contribution in [2.75, 3.05) is 37.8 Å². The number of primary amides is 1. The van der Waals surface area contributed by atoms with Crippen molar-refractivity contribution in [3.63, 3.8) is 0 Å². The average molecular weight is 488 g/mol. The maximum Gasteiger partial charge on any atom is 0.404 e. The smallest absolute Gasteiger partial charge is 0.404 e. The third-order valence-electron chi connectivity index (χ3n) is 4.72. The number of nitrogens with zero attached hydrogens (tertiary/aromatic N) is 3. The molecular weight excluding hydrogens is 466 g/mol. The molecule has 2 saturated heterocycles. The quantitative estimate of drug-likeness (QED) is 0.110. The van der Waals surface area contributed by atoms with Crippen molar-refractivity contribution in [2.24, 2.45) is 22.0 Å².